The largest absolute Gasteiger partial charge is 0.338 e. The molecule has 1 atom stereocenters. The van der Waals surface area contributed by atoms with Crippen molar-refractivity contribution < 1.29 is 4.79 Å². The maximum absolute atomic E-state index is 12.4. The monoisotopic (exact) mass is 308 g/mol. The van der Waals surface area contributed by atoms with E-state index in [-0.39, 0.29) is 17.5 Å². The van der Waals surface area contributed by atoms with Crippen LogP contribution in [0.4, 0.5) is 4.79 Å². The van der Waals surface area contributed by atoms with E-state index >= 15 is 0 Å². The lowest BCUT2D eigenvalue weighted by Gasteiger charge is -2.30. The first-order valence-electron chi connectivity index (χ1n) is 8.33. The van der Waals surface area contributed by atoms with Gasteiger partial charge in [0.25, 0.3) is 0 Å². The first-order chi connectivity index (χ1) is 11.2. The van der Waals surface area contributed by atoms with Gasteiger partial charge in [-0.1, -0.05) is 60.7 Å². The molecule has 0 aromatic heterocycles. The van der Waals surface area contributed by atoms with Gasteiger partial charge in [-0.3, -0.25) is 0 Å². The molecule has 1 fully saturated rings. The Kier molecular flexibility index (Phi) is 4.37. The molecule has 2 aromatic carbocycles. The third kappa shape index (κ3) is 2.83. The van der Waals surface area contributed by atoms with E-state index in [1.165, 1.54) is 11.1 Å². The summed E-state index contributed by atoms with van der Waals surface area (Å²) in [6.45, 7) is 5.48. The highest BCUT2D eigenvalue weighted by Gasteiger charge is 2.46. The van der Waals surface area contributed by atoms with Crippen LogP contribution in [-0.4, -0.2) is 30.1 Å². The Labute approximate surface area is 138 Å². The zero-order chi connectivity index (χ0) is 16.3. The van der Waals surface area contributed by atoms with Gasteiger partial charge in [-0.2, -0.15) is 0 Å². The second-order valence-corrected chi connectivity index (χ2v) is 6.33. The van der Waals surface area contributed by atoms with E-state index in [0.29, 0.717) is 13.1 Å². The number of hydrogen-bond donors (Lipinski definition) is 1. The summed E-state index contributed by atoms with van der Waals surface area (Å²) < 4.78 is 0. The molecule has 3 nitrogen and oxygen atoms in total. The van der Waals surface area contributed by atoms with Crippen LogP contribution in [0.2, 0.25) is 0 Å². The van der Waals surface area contributed by atoms with Crippen LogP contribution < -0.4 is 5.32 Å². The summed E-state index contributed by atoms with van der Waals surface area (Å²) in [5, 5.41) is 2.95. The quantitative estimate of drug-likeness (QED) is 0.919. The number of rotatable bonds is 3. The molecule has 2 amide bonds. The van der Waals surface area contributed by atoms with E-state index in [9.17, 15) is 4.79 Å². The maximum atomic E-state index is 12.4. The fourth-order valence-corrected chi connectivity index (χ4v) is 3.75. The van der Waals surface area contributed by atoms with Crippen molar-refractivity contribution in [1.82, 2.24) is 10.2 Å². The number of urea groups is 1. The van der Waals surface area contributed by atoms with Crippen molar-refractivity contribution in [2.45, 2.75) is 31.7 Å². The van der Waals surface area contributed by atoms with Crippen molar-refractivity contribution in [3.8, 4) is 0 Å². The summed E-state index contributed by atoms with van der Waals surface area (Å²) in [6, 6.07) is 21.4. The predicted octanol–water partition coefficient (Wildman–Crippen LogP) is 3.80. The first-order valence-corrected chi connectivity index (χ1v) is 8.33. The van der Waals surface area contributed by atoms with Crippen LogP contribution in [0.25, 0.3) is 0 Å². The molecule has 0 saturated carbocycles. The lowest BCUT2D eigenvalue weighted by Crippen LogP contribution is -2.43. The van der Waals surface area contributed by atoms with Gasteiger partial charge in [-0.05, 0) is 31.4 Å². The van der Waals surface area contributed by atoms with Gasteiger partial charge >= 0.3 is 6.03 Å². The second-order valence-electron chi connectivity index (χ2n) is 6.33. The lowest BCUT2D eigenvalue weighted by molar-refractivity contribution is 0.195. The standard InChI is InChI=1S/C20H24N2O/c1-3-21-19(23)22-15-20(14-16(22)2,17-10-6-4-7-11-17)18-12-8-5-9-13-18/h4-13,16H,3,14-15H2,1-2H3,(H,21,23)/t16-/m1/s1. The van der Waals surface area contributed by atoms with Gasteiger partial charge in [0.2, 0.25) is 0 Å². The zero-order valence-corrected chi connectivity index (χ0v) is 13.8. The summed E-state index contributed by atoms with van der Waals surface area (Å²) in [4.78, 5) is 14.4. The SMILES string of the molecule is CCNC(=O)N1CC(c2ccccc2)(c2ccccc2)C[C@H]1C. The number of hydrogen-bond acceptors (Lipinski definition) is 1. The highest BCUT2D eigenvalue weighted by atomic mass is 16.2. The Morgan fingerprint density at radius 3 is 2.09 bits per heavy atom. The first kappa shape index (κ1) is 15.6. The van der Waals surface area contributed by atoms with Crippen LogP contribution >= 0.6 is 0 Å². The summed E-state index contributed by atoms with van der Waals surface area (Å²) >= 11 is 0. The van der Waals surface area contributed by atoms with E-state index in [1.807, 2.05) is 24.0 Å². The van der Waals surface area contributed by atoms with Gasteiger partial charge in [0.1, 0.15) is 0 Å². The molecular weight excluding hydrogens is 284 g/mol. The minimum Gasteiger partial charge on any atom is -0.338 e. The number of nitrogens with zero attached hydrogens (tertiary/aromatic N) is 1. The number of likely N-dealkylation sites (tertiary alicyclic amines) is 1. The molecule has 1 aliphatic heterocycles. The van der Waals surface area contributed by atoms with Gasteiger partial charge in [0.15, 0.2) is 0 Å². The zero-order valence-electron chi connectivity index (χ0n) is 13.8. The molecule has 0 aliphatic carbocycles. The van der Waals surface area contributed by atoms with Gasteiger partial charge < -0.3 is 10.2 Å². The summed E-state index contributed by atoms with van der Waals surface area (Å²) in [6.07, 6.45) is 0.943. The maximum Gasteiger partial charge on any atom is 0.317 e. The molecule has 1 saturated heterocycles. The summed E-state index contributed by atoms with van der Waals surface area (Å²) in [7, 11) is 0. The fraction of sp³-hybridized carbons (Fsp3) is 0.350. The van der Waals surface area contributed by atoms with Crippen molar-refractivity contribution in [2.75, 3.05) is 13.1 Å². The third-order valence-electron chi connectivity index (χ3n) is 4.86. The Morgan fingerprint density at radius 1 is 1.09 bits per heavy atom. The van der Waals surface area contributed by atoms with Crippen molar-refractivity contribution in [1.29, 1.82) is 0 Å². The van der Waals surface area contributed by atoms with E-state index in [0.717, 1.165) is 6.42 Å². The van der Waals surface area contributed by atoms with Crippen LogP contribution in [0.15, 0.2) is 60.7 Å². The fourth-order valence-electron chi connectivity index (χ4n) is 3.75. The average molecular weight is 308 g/mol. The van der Waals surface area contributed by atoms with Gasteiger partial charge in [0.05, 0.1) is 0 Å². The molecule has 1 aliphatic rings. The van der Waals surface area contributed by atoms with Crippen molar-refractivity contribution in [2.24, 2.45) is 0 Å². The second kappa shape index (κ2) is 6.45. The van der Waals surface area contributed by atoms with Crippen LogP contribution in [0.5, 0.6) is 0 Å². The molecule has 1 N–H and O–H groups in total. The average Bonchev–Trinajstić information content (AvgIpc) is 2.96. The van der Waals surface area contributed by atoms with Crippen LogP contribution in [-0.2, 0) is 5.41 Å². The molecule has 1 heterocycles. The number of nitrogens with one attached hydrogen (secondary N) is 1. The van der Waals surface area contributed by atoms with Crippen LogP contribution in [0, 0.1) is 0 Å². The van der Waals surface area contributed by atoms with Crippen LogP contribution in [0.1, 0.15) is 31.4 Å². The molecule has 0 spiro atoms. The molecule has 3 heteroatoms. The van der Waals surface area contributed by atoms with E-state index in [4.69, 9.17) is 0 Å². The number of benzene rings is 2. The van der Waals surface area contributed by atoms with E-state index < -0.39 is 0 Å². The lowest BCUT2D eigenvalue weighted by atomic mass is 9.73. The summed E-state index contributed by atoms with van der Waals surface area (Å²) in [5.74, 6) is 0. The minimum atomic E-state index is -0.132. The smallest absolute Gasteiger partial charge is 0.317 e. The van der Waals surface area contributed by atoms with Crippen molar-refractivity contribution in [3.05, 3.63) is 71.8 Å². The molecule has 2 aromatic rings. The predicted molar refractivity (Wildman–Crippen MR) is 93.5 cm³/mol. The Balaban J connectivity index is 2.04. The molecular formula is C20H24N2O. The molecule has 0 radical (unpaired) electrons. The minimum absolute atomic E-state index is 0.0359. The molecule has 0 bridgehead atoms. The number of carbonyl (C=O) groups is 1. The Hall–Kier alpha value is -2.29. The van der Waals surface area contributed by atoms with Crippen molar-refractivity contribution in [3.63, 3.8) is 0 Å². The van der Waals surface area contributed by atoms with Gasteiger partial charge in [0, 0.05) is 24.5 Å². The summed E-state index contributed by atoms with van der Waals surface area (Å²) in [5.41, 5.74) is 2.43. The normalized spacial score (nSPS) is 19.6. The number of amides is 2. The van der Waals surface area contributed by atoms with Crippen LogP contribution in [0.3, 0.4) is 0 Å². The van der Waals surface area contributed by atoms with Gasteiger partial charge in [-0.15, -0.1) is 0 Å². The number of carbonyl (C=O) groups excluding carboxylic acids is 1. The Bertz CT molecular complexity index is 614. The molecule has 0 unspecified atom stereocenters. The third-order valence-corrected chi connectivity index (χ3v) is 4.86. The Morgan fingerprint density at radius 2 is 1.61 bits per heavy atom. The van der Waals surface area contributed by atoms with Crippen molar-refractivity contribution >= 4 is 6.03 Å². The molecule has 120 valence electrons. The topological polar surface area (TPSA) is 32.3 Å². The highest BCUT2D eigenvalue weighted by Crippen LogP contribution is 2.43. The highest BCUT2D eigenvalue weighted by molar-refractivity contribution is 5.75. The molecule has 3 rings (SSSR count). The van der Waals surface area contributed by atoms with E-state index in [2.05, 4.69) is 60.8 Å². The van der Waals surface area contributed by atoms with Gasteiger partial charge in [-0.25, -0.2) is 4.79 Å². The van der Waals surface area contributed by atoms with E-state index in [1.54, 1.807) is 0 Å². The molecule has 23 heavy (non-hydrogen) atoms.